The maximum absolute atomic E-state index is 11.5. The lowest BCUT2D eigenvalue weighted by molar-refractivity contribution is -0.146. The van der Waals surface area contributed by atoms with Crippen molar-refractivity contribution in [3.8, 4) is 0 Å². The lowest BCUT2D eigenvalue weighted by Gasteiger charge is -2.33. The first-order chi connectivity index (χ1) is 9.87. The van der Waals surface area contributed by atoms with Crippen LogP contribution in [-0.2, 0) is 19.6 Å². The number of rotatable bonds is 5. The molecule has 2 N–H and O–H groups in total. The maximum atomic E-state index is 11.5. The third-order valence-corrected chi connectivity index (χ3v) is 4.04. The first-order valence-corrected chi connectivity index (χ1v) is 8.74. The van der Waals surface area contributed by atoms with Gasteiger partial charge in [0, 0.05) is 33.2 Å². The fraction of sp³-hybridized carbons (Fsp3) is 0.833. The molecule has 1 heterocycles. The lowest BCUT2D eigenvalue weighted by Crippen LogP contribution is -2.48. The van der Waals surface area contributed by atoms with Gasteiger partial charge in [0.25, 0.3) is 0 Å². The molecule has 9 heteroatoms. The summed E-state index contributed by atoms with van der Waals surface area (Å²) in [4.78, 5) is 17.7. The number of likely N-dealkylation sites (tertiary alicyclic amines) is 1. The van der Waals surface area contributed by atoms with Crippen LogP contribution < -0.4 is 10.0 Å². The number of carbonyl (C=O) groups is 1. The number of aliphatic imine (C=N–C) groups is 1. The van der Waals surface area contributed by atoms with Crippen molar-refractivity contribution >= 4 is 22.0 Å². The van der Waals surface area contributed by atoms with Gasteiger partial charge in [-0.25, -0.2) is 13.1 Å². The second kappa shape index (κ2) is 8.18. The summed E-state index contributed by atoms with van der Waals surface area (Å²) in [7, 11) is -0.0822. The standard InChI is InChI=1S/C12H24N4O4S/c1-13-12(14-6-7-15-21(3,18)19)16-8-4-10(5-9-16)11(17)20-2/h10,15H,4-9H2,1-3H3,(H,13,14). The summed E-state index contributed by atoms with van der Waals surface area (Å²) in [5, 5.41) is 3.10. The molecule has 0 amide bonds. The third-order valence-electron chi connectivity index (χ3n) is 3.31. The van der Waals surface area contributed by atoms with E-state index in [1.54, 1.807) is 7.05 Å². The van der Waals surface area contributed by atoms with Gasteiger partial charge in [-0.15, -0.1) is 0 Å². The van der Waals surface area contributed by atoms with E-state index in [-0.39, 0.29) is 11.9 Å². The number of piperidine rings is 1. The molecule has 0 radical (unpaired) electrons. The minimum Gasteiger partial charge on any atom is -0.469 e. The molecule has 0 aromatic rings. The van der Waals surface area contributed by atoms with Gasteiger partial charge in [0.1, 0.15) is 0 Å². The van der Waals surface area contributed by atoms with Crippen LogP contribution in [0.3, 0.4) is 0 Å². The van der Waals surface area contributed by atoms with E-state index in [1.807, 2.05) is 0 Å². The van der Waals surface area contributed by atoms with Crippen LogP contribution in [0.15, 0.2) is 4.99 Å². The quantitative estimate of drug-likeness (QED) is 0.292. The fourth-order valence-corrected chi connectivity index (χ4v) is 2.71. The molecule has 0 unspecified atom stereocenters. The molecule has 122 valence electrons. The van der Waals surface area contributed by atoms with Crippen molar-refractivity contribution in [2.24, 2.45) is 10.9 Å². The van der Waals surface area contributed by atoms with E-state index < -0.39 is 10.0 Å². The number of ether oxygens (including phenoxy) is 1. The molecule has 21 heavy (non-hydrogen) atoms. The highest BCUT2D eigenvalue weighted by molar-refractivity contribution is 7.88. The monoisotopic (exact) mass is 320 g/mol. The summed E-state index contributed by atoms with van der Waals surface area (Å²) in [6.07, 6.45) is 2.59. The van der Waals surface area contributed by atoms with Crippen LogP contribution in [0, 0.1) is 5.92 Å². The van der Waals surface area contributed by atoms with Crippen molar-refractivity contribution in [1.82, 2.24) is 14.9 Å². The zero-order valence-electron chi connectivity index (χ0n) is 12.8. The van der Waals surface area contributed by atoms with E-state index in [4.69, 9.17) is 4.74 Å². The summed E-state index contributed by atoms with van der Waals surface area (Å²) in [6, 6.07) is 0. The first-order valence-electron chi connectivity index (χ1n) is 6.85. The molecule has 0 aromatic heterocycles. The van der Waals surface area contributed by atoms with Crippen LogP contribution in [0.1, 0.15) is 12.8 Å². The zero-order valence-corrected chi connectivity index (χ0v) is 13.6. The molecule has 1 fully saturated rings. The summed E-state index contributed by atoms with van der Waals surface area (Å²) in [5.41, 5.74) is 0. The topological polar surface area (TPSA) is 100 Å². The van der Waals surface area contributed by atoms with Crippen LogP contribution in [0.5, 0.6) is 0 Å². The number of hydrogen-bond acceptors (Lipinski definition) is 5. The molecule has 0 aromatic carbocycles. The Balaban J connectivity index is 2.36. The van der Waals surface area contributed by atoms with E-state index in [0.29, 0.717) is 19.0 Å². The smallest absolute Gasteiger partial charge is 0.308 e. The van der Waals surface area contributed by atoms with Gasteiger partial charge >= 0.3 is 5.97 Å². The summed E-state index contributed by atoms with van der Waals surface area (Å²) >= 11 is 0. The van der Waals surface area contributed by atoms with E-state index in [0.717, 1.165) is 32.2 Å². The van der Waals surface area contributed by atoms with E-state index >= 15 is 0 Å². The molecule has 1 aliphatic rings. The molecule has 0 aliphatic carbocycles. The molecule has 0 atom stereocenters. The van der Waals surface area contributed by atoms with Gasteiger partial charge in [0.15, 0.2) is 5.96 Å². The van der Waals surface area contributed by atoms with E-state index in [9.17, 15) is 13.2 Å². The van der Waals surface area contributed by atoms with Gasteiger partial charge in [-0.2, -0.15) is 0 Å². The molecule has 1 saturated heterocycles. The molecule has 0 spiro atoms. The number of nitrogens with zero attached hydrogens (tertiary/aromatic N) is 2. The molecule has 1 rings (SSSR count). The molecule has 8 nitrogen and oxygen atoms in total. The molecular formula is C12H24N4O4S. The van der Waals surface area contributed by atoms with Crippen LogP contribution in [0.4, 0.5) is 0 Å². The lowest BCUT2D eigenvalue weighted by atomic mass is 9.97. The fourth-order valence-electron chi connectivity index (χ4n) is 2.24. The van der Waals surface area contributed by atoms with Crippen molar-refractivity contribution in [3.05, 3.63) is 0 Å². The highest BCUT2D eigenvalue weighted by Crippen LogP contribution is 2.18. The number of hydrogen-bond donors (Lipinski definition) is 2. The van der Waals surface area contributed by atoms with Crippen molar-refractivity contribution in [2.45, 2.75) is 12.8 Å². The highest BCUT2D eigenvalue weighted by Gasteiger charge is 2.26. The molecule has 0 bridgehead atoms. The van der Waals surface area contributed by atoms with Gasteiger partial charge in [-0.05, 0) is 12.8 Å². The summed E-state index contributed by atoms with van der Waals surface area (Å²) < 4.78 is 29.1. The number of carbonyl (C=O) groups excluding carboxylic acids is 1. The SMILES string of the molecule is CN=C(NCCNS(C)(=O)=O)N1CCC(C(=O)OC)CC1. The van der Waals surface area contributed by atoms with Crippen molar-refractivity contribution in [1.29, 1.82) is 0 Å². The van der Waals surface area contributed by atoms with Crippen LogP contribution >= 0.6 is 0 Å². The Morgan fingerprint density at radius 3 is 2.43 bits per heavy atom. The number of nitrogens with one attached hydrogen (secondary N) is 2. The second-order valence-electron chi connectivity index (χ2n) is 4.92. The molecular weight excluding hydrogens is 296 g/mol. The molecule has 1 aliphatic heterocycles. The van der Waals surface area contributed by atoms with Gasteiger partial charge < -0.3 is 15.0 Å². The van der Waals surface area contributed by atoms with Gasteiger partial charge in [-0.3, -0.25) is 9.79 Å². The van der Waals surface area contributed by atoms with E-state index in [1.165, 1.54) is 7.11 Å². The Kier molecular flexibility index (Phi) is 6.90. The minimum absolute atomic E-state index is 0.0451. The van der Waals surface area contributed by atoms with Crippen LogP contribution in [0.25, 0.3) is 0 Å². The first kappa shape index (κ1) is 17.7. The number of sulfonamides is 1. The van der Waals surface area contributed by atoms with Crippen LogP contribution in [-0.4, -0.2) is 71.8 Å². The summed E-state index contributed by atoms with van der Waals surface area (Å²) in [6.45, 7) is 2.20. The Morgan fingerprint density at radius 2 is 1.95 bits per heavy atom. The Morgan fingerprint density at radius 1 is 1.33 bits per heavy atom. The maximum Gasteiger partial charge on any atom is 0.308 e. The van der Waals surface area contributed by atoms with Crippen molar-refractivity contribution in [3.63, 3.8) is 0 Å². The van der Waals surface area contributed by atoms with Crippen molar-refractivity contribution < 1.29 is 17.9 Å². The number of guanidine groups is 1. The Hall–Kier alpha value is -1.35. The van der Waals surface area contributed by atoms with Gasteiger partial charge in [-0.1, -0.05) is 0 Å². The summed E-state index contributed by atoms with van der Waals surface area (Å²) in [5.74, 6) is 0.514. The average Bonchev–Trinajstić information content (AvgIpc) is 2.46. The number of methoxy groups -OCH3 is 1. The van der Waals surface area contributed by atoms with Crippen molar-refractivity contribution in [2.75, 3.05) is 46.6 Å². The third kappa shape index (κ3) is 6.30. The Labute approximate surface area is 126 Å². The predicted molar refractivity (Wildman–Crippen MR) is 80.5 cm³/mol. The average molecular weight is 320 g/mol. The molecule has 0 saturated carbocycles. The van der Waals surface area contributed by atoms with Gasteiger partial charge in [0.05, 0.1) is 19.3 Å². The highest BCUT2D eigenvalue weighted by atomic mass is 32.2. The van der Waals surface area contributed by atoms with Gasteiger partial charge in [0.2, 0.25) is 10.0 Å². The normalized spacial score (nSPS) is 17.7. The minimum atomic E-state index is -3.17. The largest absolute Gasteiger partial charge is 0.469 e. The predicted octanol–water partition coefficient (Wildman–Crippen LogP) is -1.00. The number of esters is 1. The Bertz CT molecular complexity index is 470. The second-order valence-corrected chi connectivity index (χ2v) is 6.76. The zero-order chi connectivity index (χ0) is 15.9. The van der Waals surface area contributed by atoms with Crippen LogP contribution in [0.2, 0.25) is 0 Å². The van der Waals surface area contributed by atoms with E-state index in [2.05, 4.69) is 19.9 Å².